The maximum atomic E-state index is 16.4. The van der Waals surface area contributed by atoms with Crippen LogP contribution in [-0.2, 0) is 10.8 Å². The van der Waals surface area contributed by atoms with E-state index in [1.807, 2.05) is 146 Å². The van der Waals surface area contributed by atoms with Gasteiger partial charge in [0.1, 0.15) is 68.6 Å². The second-order valence-corrected chi connectivity index (χ2v) is 34.1. The predicted molar refractivity (Wildman–Crippen MR) is 497 cm³/mol. The lowest BCUT2D eigenvalue weighted by molar-refractivity contribution is 0.304. The van der Waals surface area contributed by atoms with Gasteiger partial charge in [0.2, 0.25) is 0 Å². The first-order valence-corrected chi connectivity index (χ1v) is 48.1. The molecule has 120 heavy (non-hydrogen) atoms. The molecule has 642 valence electrons. The molecule has 0 bridgehead atoms. The van der Waals surface area contributed by atoms with Crippen molar-refractivity contribution in [1.29, 1.82) is 0 Å². The van der Waals surface area contributed by atoms with Crippen molar-refractivity contribution in [1.82, 2.24) is 0 Å². The summed E-state index contributed by atoms with van der Waals surface area (Å²) in [5.41, 5.74) is 2.28. The number of ether oxygens (including phenoxy) is 6. The number of benzene rings is 8. The summed E-state index contributed by atoms with van der Waals surface area (Å²) in [6.07, 6.45) is 41.7. The molecule has 0 saturated carbocycles. The van der Waals surface area contributed by atoms with Gasteiger partial charge in [0.25, 0.3) is 0 Å². The van der Waals surface area contributed by atoms with E-state index in [4.69, 9.17) is 28.4 Å². The lowest BCUT2D eigenvalue weighted by atomic mass is 9.69. The molecule has 8 rings (SSSR count). The smallest absolute Gasteiger partial charge is 0.143 e. The summed E-state index contributed by atoms with van der Waals surface area (Å²) >= 11 is 0. The Bertz CT molecular complexity index is 3810. The molecule has 12 heteroatoms. The Morgan fingerprint density at radius 3 is 0.592 bits per heavy atom. The van der Waals surface area contributed by atoms with Crippen LogP contribution in [0.4, 0.5) is 17.6 Å². The van der Waals surface area contributed by atoms with Crippen LogP contribution < -0.4 is 28.4 Å². The zero-order valence-corrected chi connectivity index (χ0v) is 74.7. The number of hydrogen-bond acceptors (Lipinski definition) is 8. The van der Waals surface area contributed by atoms with Crippen LogP contribution in [0.2, 0.25) is 0 Å². The molecule has 0 aromatic heterocycles. The van der Waals surface area contributed by atoms with Crippen molar-refractivity contribution in [2.45, 2.75) is 284 Å². The molecule has 0 fully saturated rings. The highest BCUT2D eigenvalue weighted by molar-refractivity contribution is 8.76. The van der Waals surface area contributed by atoms with Crippen LogP contribution in [0.3, 0.4) is 0 Å². The van der Waals surface area contributed by atoms with Gasteiger partial charge in [-0.3, -0.25) is 0 Å². The molecule has 0 aliphatic rings. The van der Waals surface area contributed by atoms with Crippen LogP contribution >= 0.6 is 21.6 Å². The summed E-state index contributed by atoms with van der Waals surface area (Å²) in [5, 5.41) is 0. The summed E-state index contributed by atoms with van der Waals surface area (Å²) in [5.74, 6) is 26.4. The van der Waals surface area contributed by atoms with Gasteiger partial charge in [0, 0.05) is 11.1 Å². The number of halogens is 4. The second-order valence-electron chi connectivity index (χ2n) is 31.6. The summed E-state index contributed by atoms with van der Waals surface area (Å²) in [7, 11) is 2.63. The summed E-state index contributed by atoms with van der Waals surface area (Å²) in [6, 6.07) is 53.2. The van der Waals surface area contributed by atoms with Crippen LogP contribution in [0.25, 0.3) is 0 Å². The topological polar surface area (TPSA) is 55.4 Å². The molecule has 0 aliphatic heterocycles. The Morgan fingerprint density at radius 1 is 0.233 bits per heavy atom. The summed E-state index contributed by atoms with van der Waals surface area (Å²) < 4.78 is 103. The molecule has 0 aliphatic carbocycles. The first kappa shape index (κ1) is 96.7. The van der Waals surface area contributed by atoms with Gasteiger partial charge in [0.15, 0.2) is 0 Å². The minimum atomic E-state index is -1.15. The fourth-order valence-corrected chi connectivity index (χ4v) is 16.2. The van der Waals surface area contributed by atoms with Gasteiger partial charge in [-0.25, -0.2) is 17.6 Å². The molecule has 8 aromatic rings. The van der Waals surface area contributed by atoms with Crippen molar-refractivity contribution >= 4 is 21.6 Å². The zero-order valence-electron chi connectivity index (χ0n) is 73.1. The van der Waals surface area contributed by atoms with Crippen LogP contribution in [0.15, 0.2) is 170 Å². The van der Waals surface area contributed by atoms with E-state index in [0.29, 0.717) is 39.6 Å². The number of hydrogen-bond donors (Lipinski definition) is 0. The molecule has 6 nitrogen and oxygen atoms in total. The lowest BCUT2D eigenvalue weighted by Crippen LogP contribution is -2.28. The molecule has 0 amide bonds. The molecule has 0 N–H and O–H groups in total. The first-order chi connectivity index (χ1) is 59.0. The van der Waals surface area contributed by atoms with Gasteiger partial charge in [0.05, 0.1) is 62.3 Å². The van der Waals surface area contributed by atoms with Gasteiger partial charge >= 0.3 is 0 Å². The van der Waals surface area contributed by atoms with Crippen molar-refractivity contribution < 1.29 is 46.0 Å². The molecular weight excluding hydrogens is 1530 g/mol. The van der Waals surface area contributed by atoms with E-state index >= 15 is 17.6 Å². The van der Waals surface area contributed by atoms with E-state index in [-0.39, 0.29) is 33.8 Å². The monoisotopic (exact) mass is 1670 g/mol. The third-order valence-electron chi connectivity index (χ3n) is 22.0. The van der Waals surface area contributed by atoms with Crippen LogP contribution in [0, 0.1) is 70.6 Å². The normalized spacial score (nSPS) is 11.2. The van der Waals surface area contributed by atoms with Gasteiger partial charge < -0.3 is 28.4 Å². The quantitative estimate of drug-likeness (QED) is 0.0123. The highest BCUT2D eigenvalue weighted by atomic mass is 33.1. The van der Waals surface area contributed by atoms with E-state index < -0.39 is 34.1 Å². The third-order valence-corrected chi connectivity index (χ3v) is 23.9. The molecule has 0 radical (unpaired) electrons. The fourth-order valence-electron chi connectivity index (χ4n) is 14.9. The van der Waals surface area contributed by atoms with Crippen molar-refractivity contribution in [2.24, 2.45) is 0 Å². The van der Waals surface area contributed by atoms with Crippen LogP contribution in [-0.4, -0.2) is 51.1 Å². The first-order valence-electron chi connectivity index (χ1n) is 45.6. The van der Waals surface area contributed by atoms with Gasteiger partial charge in [-0.1, -0.05) is 376 Å². The minimum Gasteiger partial charge on any atom is -0.494 e. The van der Waals surface area contributed by atoms with E-state index in [1.165, 1.54) is 200 Å². The maximum Gasteiger partial charge on any atom is 0.143 e. The fraction of sp³-hybridized carbons (Fsp3) is 0.481. The van der Waals surface area contributed by atoms with Crippen LogP contribution in [0.1, 0.15) is 328 Å². The van der Waals surface area contributed by atoms with Crippen LogP contribution in [0.5, 0.6) is 34.5 Å². The van der Waals surface area contributed by atoms with E-state index in [0.717, 1.165) is 145 Å². The van der Waals surface area contributed by atoms with Crippen molar-refractivity contribution in [3.8, 4) is 81.9 Å². The lowest BCUT2D eigenvalue weighted by Gasteiger charge is -2.31. The average Bonchev–Trinajstić information content (AvgIpc) is 0.755. The van der Waals surface area contributed by atoms with Gasteiger partial charge in [-0.2, -0.15) is 0 Å². The van der Waals surface area contributed by atoms with E-state index in [2.05, 4.69) is 88.9 Å². The third kappa shape index (κ3) is 33.2. The Kier molecular flexibility index (Phi) is 46.3. The zero-order chi connectivity index (χ0) is 84.8. The molecule has 0 saturated heterocycles. The minimum absolute atomic E-state index is 0.141. The van der Waals surface area contributed by atoms with Crippen molar-refractivity contribution in [3.63, 3.8) is 0 Å². The average molecular weight is 1670 g/mol. The van der Waals surface area contributed by atoms with Gasteiger partial charge in [-0.05, 0) is 169 Å². The summed E-state index contributed by atoms with van der Waals surface area (Å²) in [6.45, 7) is 17.0. The maximum absolute atomic E-state index is 16.4. The highest BCUT2D eigenvalue weighted by Gasteiger charge is 2.37. The number of unbranched alkanes of at least 4 members (excludes halogenated alkanes) is 30. The predicted octanol–water partition coefficient (Wildman–Crippen LogP) is 30.2. The molecule has 0 unspecified atom stereocenters. The number of rotatable bonds is 57. The molecule has 0 atom stereocenters. The molecule has 8 aromatic carbocycles. The Morgan fingerprint density at radius 2 is 0.408 bits per heavy atom. The molecular formula is C108H134F4O6S2. The highest BCUT2D eigenvalue weighted by Crippen LogP contribution is 2.44. The van der Waals surface area contributed by atoms with E-state index in [1.54, 1.807) is 0 Å². The standard InChI is InChI=1S/C108H134F4O6S2/c1-7-13-19-25-31-37-75-113-95-59-47-89(48-60-95)107(90-49-61-96(62-50-90)114-76-38-32-26-20-14-8-2,91-51-63-97(64-52-91)115-77-39-33-27-21-15-9-3)73-71-87-83-103(109)101(104(110)84-87)45-43-81-119-120-82-44-46-102-105(111)85-88(86-106(102)112)72-74-108(92-53-65-98(66-54-92)116-78-40-34-28-22-16-10-4,93-55-67-99(68-56-93)117-79-41-35-29-23-17-11-5)94-57-69-100(70-58-94)118-80-42-36-30-24-18-12-6/h47-70,83-86H,7-42,75-82H2,1-6H3. The Hall–Kier alpha value is -8.78. The van der Waals surface area contributed by atoms with Gasteiger partial charge in [-0.15, -0.1) is 0 Å². The Labute approximate surface area is 728 Å². The Balaban J connectivity index is 1.01. The SMILES string of the molecule is CCCCCCCCOc1ccc(C(C#Cc2cc(F)c(C#CCSSCC#Cc3c(F)cc(C#CC(c4ccc(OCCCCCCCC)cc4)(c4ccc(OCCCCCCCC)cc4)c4ccc(OCCCCCCCC)cc4)cc3F)c(F)c2)(c2ccc(OCCCCCCCC)cc2)c2ccc(OCCCCCCCC)cc2)cc1. The largest absolute Gasteiger partial charge is 0.494 e. The molecule has 0 spiro atoms. The van der Waals surface area contributed by atoms with Crippen molar-refractivity contribution in [2.75, 3.05) is 51.1 Å². The molecule has 0 heterocycles. The second kappa shape index (κ2) is 57.5. The summed E-state index contributed by atoms with van der Waals surface area (Å²) in [4.78, 5) is 0. The van der Waals surface area contributed by atoms with Crippen molar-refractivity contribution in [3.05, 3.63) is 249 Å². The van der Waals surface area contributed by atoms with E-state index in [9.17, 15) is 0 Å².